The molecule has 0 spiro atoms. The summed E-state index contributed by atoms with van der Waals surface area (Å²) in [5.74, 6) is 0.866. The summed E-state index contributed by atoms with van der Waals surface area (Å²) in [6, 6.07) is 0. The molecule has 62 valence electrons. The van der Waals surface area contributed by atoms with Crippen LogP contribution in [0.2, 0.25) is 0 Å². The second-order valence-corrected chi connectivity index (χ2v) is 2.27. The van der Waals surface area contributed by atoms with Crippen molar-refractivity contribution in [3.8, 4) is 0 Å². The summed E-state index contributed by atoms with van der Waals surface area (Å²) in [6.45, 7) is 10.4. The first-order valence-corrected chi connectivity index (χ1v) is 3.84. The maximum Gasteiger partial charge on any atom is 0.121 e. The molecule has 0 fully saturated rings. The lowest BCUT2D eigenvalue weighted by Gasteiger charge is -2.05. The first-order chi connectivity index (χ1) is 5.22. The van der Waals surface area contributed by atoms with Crippen molar-refractivity contribution in [2.75, 3.05) is 6.61 Å². The van der Waals surface area contributed by atoms with Crippen molar-refractivity contribution in [3.05, 3.63) is 36.1 Å². The Bertz CT molecular complexity index is 175. The van der Waals surface area contributed by atoms with E-state index in [9.17, 15) is 0 Å². The maximum absolute atomic E-state index is 5.32. The zero-order chi connectivity index (χ0) is 8.69. The second-order valence-electron chi connectivity index (χ2n) is 2.27. The lowest BCUT2D eigenvalue weighted by molar-refractivity contribution is 0.238. The molecule has 0 bridgehead atoms. The Morgan fingerprint density at radius 2 is 2.18 bits per heavy atom. The summed E-state index contributed by atoms with van der Waals surface area (Å²) < 4.78 is 5.32. The van der Waals surface area contributed by atoms with Gasteiger partial charge in [-0.1, -0.05) is 18.7 Å². The van der Waals surface area contributed by atoms with Crippen LogP contribution in [0.15, 0.2) is 36.1 Å². The summed E-state index contributed by atoms with van der Waals surface area (Å²) in [5, 5.41) is 0. The standard InChI is InChI=1S/C10H16O/c1-5-7-8-10(9(3)4)11-6-2/h5,7-8H,3,6H2,1-2,4H3. The van der Waals surface area contributed by atoms with Gasteiger partial charge in [-0.25, -0.2) is 0 Å². The molecule has 1 nitrogen and oxygen atoms in total. The summed E-state index contributed by atoms with van der Waals surface area (Å²) in [6.07, 6.45) is 5.83. The van der Waals surface area contributed by atoms with Gasteiger partial charge in [0.05, 0.1) is 6.61 Å². The van der Waals surface area contributed by atoms with E-state index in [1.54, 1.807) is 0 Å². The molecule has 0 saturated carbocycles. The molecule has 0 unspecified atom stereocenters. The van der Waals surface area contributed by atoms with Crippen LogP contribution in [0.4, 0.5) is 0 Å². The second kappa shape index (κ2) is 5.78. The highest BCUT2D eigenvalue weighted by Crippen LogP contribution is 2.07. The van der Waals surface area contributed by atoms with Crippen LogP contribution >= 0.6 is 0 Å². The molecule has 0 rings (SSSR count). The SMILES string of the molecule is C=C(C)C(=CC=CC)OCC. The van der Waals surface area contributed by atoms with Crippen LogP contribution in [0, 0.1) is 0 Å². The lowest BCUT2D eigenvalue weighted by atomic mass is 10.2. The van der Waals surface area contributed by atoms with Crippen molar-refractivity contribution in [2.24, 2.45) is 0 Å². The molecule has 0 aromatic carbocycles. The van der Waals surface area contributed by atoms with E-state index in [1.807, 2.05) is 39.0 Å². The fourth-order valence-electron chi connectivity index (χ4n) is 0.653. The minimum atomic E-state index is 0.691. The van der Waals surface area contributed by atoms with Crippen LogP contribution in [0.5, 0.6) is 0 Å². The third-order valence-corrected chi connectivity index (χ3v) is 1.16. The van der Waals surface area contributed by atoms with Crippen molar-refractivity contribution in [1.29, 1.82) is 0 Å². The van der Waals surface area contributed by atoms with Gasteiger partial charge in [0.1, 0.15) is 5.76 Å². The monoisotopic (exact) mass is 152 g/mol. The molecule has 0 amide bonds. The predicted molar refractivity (Wildman–Crippen MR) is 49.3 cm³/mol. The summed E-state index contributed by atoms with van der Waals surface area (Å²) in [4.78, 5) is 0. The smallest absolute Gasteiger partial charge is 0.121 e. The molecular weight excluding hydrogens is 136 g/mol. The molecule has 0 aliphatic carbocycles. The number of hydrogen-bond donors (Lipinski definition) is 0. The van der Waals surface area contributed by atoms with E-state index < -0.39 is 0 Å². The number of hydrogen-bond acceptors (Lipinski definition) is 1. The fourth-order valence-corrected chi connectivity index (χ4v) is 0.653. The number of rotatable bonds is 4. The molecule has 0 aromatic heterocycles. The predicted octanol–water partition coefficient (Wildman–Crippen LogP) is 3.06. The van der Waals surface area contributed by atoms with E-state index in [1.165, 1.54) is 0 Å². The van der Waals surface area contributed by atoms with Gasteiger partial charge in [0.25, 0.3) is 0 Å². The van der Waals surface area contributed by atoms with Crippen LogP contribution in [-0.2, 0) is 4.74 Å². The third kappa shape index (κ3) is 4.43. The average Bonchev–Trinajstić information content (AvgIpc) is 1.97. The Balaban J connectivity index is 4.20. The summed E-state index contributed by atoms with van der Waals surface area (Å²) in [5.41, 5.74) is 0.963. The molecule has 0 heterocycles. The summed E-state index contributed by atoms with van der Waals surface area (Å²) in [7, 11) is 0. The molecule has 0 radical (unpaired) electrons. The third-order valence-electron chi connectivity index (χ3n) is 1.16. The van der Waals surface area contributed by atoms with Gasteiger partial charge in [-0.15, -0.1) is 0 Å². The van der Waals surface area contributed by atoms with E-state index in [4.69, 9.17) is 4.74 Å². The highest BCUT2D eigenvalue weighted by atomic mass is 16.5. The van der Waals surface area contributed by atoms with Crippen LogP contribution < -0.4 is 0 Å². The highest BCUT2D eigenvalue weighted by Gasteiger charge is 1.93. The van der Waals surface area contributed by atoms with Crippen molar-refractivity contribution < 1.29 is 4.74 Å². The Labute approximate surface area is 69.1 Å². The van der Waals surface area contributed by atoms with Gasteiger partial charge in [0.15, 0.2) is 0 Å². The normalized spacial score (nSPS) is 12.1. The van der Waals surface area contributed by atoms with Crippen molar-refractivity contribution in [1.82, 2.24) is 0 Å². The molecule has 0 saturated heterocycles. The minimum Gasteiger partial charge on any atom is -0.494 e. The van der Waals surface area contributed by atoms with Gasteiger partial charge in [0, 0.05) is 0 Å². The summed E-state index contributed by atoms with van der Waals surface area (Å²) >= 11 is 0. The van der Waals surface area contributed by atoms with Crippen LogP contribution in [0.3, 0.4) is 0 Å². The van der Waals surface area contributed by atoms with E-state index in [0.717, 1.165) is 11.3 Å². The van der Waals surface area contributed by atoms with E-state index in [2.05, 4.69) is 6.58 Å². The number of ether oxygens (including phenoxy) is 1. The first-order valence-electron chi connectivity index (χ1n) is 3.84. The maximum atomic E-state index is 5.32. The molecule has 1 heteroatoms. The fraction of sp³-hybridized carbons (Fsp3) is 0.400. The van der Waals surface area contributed by atoms with Gasteiger partial charge in [-0.3, -0.25) is 0 Å². The minimum absolute atomic E-state index is 0.691. The van der Waals surface area contributed by atoms with Gasteiger partial charge < -0.3 is 4.74 Å². The highest BCUT2D eigenvalue weighted by molar-refractivity contribution is 5.24. The zero-order valence-corrected chi connectivity index (χ0v) is 7.55. The van der Waals surface area contributed by atoms with Gasteiger partial charge in [0.2, 0.25) is 0 Å². The van der Waals surface area contributed by atoms with Crippen molar-refractivity contribution in [3.63, 3.8) is 0 Å². The number of allylic oxidation sites excluding steroid dienone is 4. The largest absolute Gasteiger partial charge is 0.494 e. The van der Waals surface area contributed by atoms with Gasteiger partial charge in [-0.05, 0) is 32.4 Å². The van der Waals surface area contributed by atoms with E-state index >= 15 is 0 Å². The van der Waals surface area contributed by atoms with Crippen LogP contribution in [0.25, 0.3) is 0 Å². The van der Waals surface area contributed by atoms with Gasteiger partial charge in [-0.2, -0.15) is 0 Å². The molecular formula is C10H16O. The van der Waals surface area contributed by atoms with E-state index in [-0.39, 0.29) is 0 Å². The first kappa shape index (κ1) is 10.0. The quantitative estimate of drug-likeness (QED) is 0.444. The van der Waals surface area contributed by atoms with Crippen LogP contribution in [-0.4, -0.2) is 6.61 Å². The topological polar surface area (TPSA) is 9.23 Å². The van der Waals surface area contributed by atoms with Gasteiger partial charge >= 0.3 is 0 Å². The van der Waals surface area contributed by atoms with Crippen LogP contribution in [0.1, 0.15) is 20.8 Å². The Hall–Kier alpha value is -0.980. The zero-order valence-electron chi connectivity index (χ0n) is 7.55. The molecule has 0 atom stereocenters. The average molecular weight is 152 g/mol. The van der Waals surface area contributed by atoms with Crippen molar-refractivity contribution in [2.45, 2.75) is 20.8 Å². The van der Waals surface area contributed by atoms with E-state index in [0.29, 0.717) is 6.61 Å². The molecule has 11 heavy (non-hydrogen) atoms. The lowest BCUT2D eigenvalue weighted by Crippen LogP contribution is -1.91. The Morgan fingerprint density at radius 3 is 2.55 bits per heavy atom. The molecule has 0 aromatic rings. The molecule has 0 N–H and O–H groups in total. The van der Waals surface area contributed by atoms with Crippen molar-refractivity contribution >= 4 is 0 Å². The molecule has 0 aliphatic rings. The Morgan fingerprint density at radius 1 is 1.55 bits per heavy atom. The molecule has 0 aliphatic heterocycles. The Kier molecular flexibility index (Phi) is 5.26.